The maximum Gasteiger partial charge on any atom is 1.00 e. The molecule has 1 heterocycles. The quantitative estimate of drug-likeness (QED) is 0.0255. The Bertz CT molecular complexity index is 878. The van der Waals surface area contributed by atoms with E-state index < -0.39 is 0 Å². The van der Waals surface area contributed by atoms with E-state index in [1.54, 1.807) is 0 Å². The first kappa shape index (κ1) is 63.3. The average molecular weight is 918 g/mol. The van der Waals surface area contributed by atoms with Crippen LogP contribution in [-0.4, -0.2) is 260 Å². The molecule has 17 heteroatoms. The van der Waals surface area contributed by atoms with Crippen LogP contribution in [0.25, 0.3) is 0 Å². The van der Waals surface area contributed by atoms with Crippen molar-refractivity contribution in [2.24, 2.45) is 28.7 Å². The molecule has 17 nitrogen and oxygen atoms in total. The normalized spacial score (nSPS) is 12.8. The van der Waals surface area contributed by atoms with Gasteiger partial charge in [-0.3, -0.25) is 4.90 Å². The van der Waals surface area contributed by atoms with Gasteiger partial charge in [-0.05, 0) is 125 Å². The zero-order valence-electron chi connectivity index (χ0n) is 43.7. The Morgan fingerprint density at radius 2 is 0.625 bits per heavy atom. The van der Waals surface area contributed by atoms with Gasteiger partial charge in [-0.1, -0.05) is 25.7 Å². The number of rotatable bonds is 52. The minimum atomic E-state index is 0. The number of unbranched alkanes of at least 4 members (excludes halogenated alkanes) is 8. The molecule has 1 saturated heterocycles. The Hall–Kier alpha value is -0.680. The highest BCUT2D eigenvalue weighted by Gasteiger charge is 2.10. The van der Waals surface area contributed by atoms with E-state index in [2.05, 4.69) is 68.3 Å². The van der Waals surface area contributed by atoms with E-state index in [0.717, 1.165) is 151 Å². The fourth-order valence-electron chi connectivity index (χ4n) is 7.89. The van der Waals surface area contributed by atoms with Crippen molar-refractivity contribution in [2.45, 2.75) is 77.0 Å². The van der Waals surface area contributed by atoms with Gasteiger partial charge in [0.15, 0.2) is 0 Å². The molecule has 0 aliphatic carbocycles. The molecule has 0 amide bonds. The van der Waals surface area contributed by atoms with Crippen molar-refractivity contribution >= 4 is 0 Å². The van der Waals surface area contributed by atoms with E-state index in [9.17, 15) is 0 Å². The fourth-order valence-corrected chi connectivity index (χ4v) is 7.89. The molecular formula is C47H114N17+. The molecule has 0 radical (unpaired) electrons. The summed E-state index contributed by atoms with van der Waals surface area (Å²) in [5.74, 6) is 0. The predicted octanol–water partition coefficient (Wildman–Crippen LogP) is -1.19. The van der Waals surface area contributed by atoms with Crippen LogP contribution in [-0.2, 0) is 0 Å². The van der Waals surface area contributed by atoms with E-state index in [1.807, 2.05) is 14.1 Å². The largest absolute Gasteiger partial charge is 1.00 e. The van der Waals surface area contributed by atoms with Gasteiger partial charge in [0, 0.05) is 157 Å². The van der Waals surface area contributed by atoms with Gasteiger partial charge >= 0.3 is 1.43 Å². The van der Waals surface area contributed by atoms with Gasteiger partial charge in [-0.15, -0.1) is 0 Å². The topological polar surface area (TPSA) is 232 Å². The van der Waals surface area contributed by atoms with Crippen LogP contribution in [0, 0.1) is 0 Å². The molecule has 0 atom stereocenters. The van der Waals surface area contributed by atoms with E-state index in [-0.39, 0.29) is 1.43 Å². The Kier molecular flexibility index (Phi) is 51.2. The average Bonchev–Trinajstić information content (AvgIpc) is 4.19. The molecule has 0 spiro atoms. The zero-order valence-corrected chi connectivity index (χ0v) is 42.7. The number of nitrogens with zero attached hydrogens (tertiary/aromatic N) is 6. The van der Waals surface area contributed by atoms with Crippen LogP contribution in [0.4, 0.5) is 0 Å². The highest BCUT2D eigenvalue weighted by Crippen LogP contribution is 2.07. The number of likely N-dealkylation sites (N-methyl/N-ethyl adjacent to an activating group) is 2. The van der Waals surface area contributed by atoms with Crippen molar-refractivity contribution in [3.05, 3.63) is 0 Å². The van der Waals surface area contributed by atoms with Crippen LogP contribution in [0.1, 0.15) is 78.5 Å². The van der Waals surface area contributed by atoms with Crippen LogP contribution in [0.2, 0.25) is 0 Å². The summed E-state index contributed by atoms with van der Waals surface area (Å²) in [5.41, 5.74) is 29.1. The van der Waals surface area contributed by atoms with Gasteiger partial charge in [-0.25, -0.2) is 0 Å². The number of hydrogen-bond acceptors (Lipinski definition) is 17. The molecule has 1 rings (SSSR count). The van der Waals surface area contributed by atoms with Crippen molar-refractivity contribution in [1.29, 1.82) is 0 Å². The fraction of sp³-hybridized carbons (Fsp3) is 1.00. The van der Waals surface area contributed by atoms with Crippen LogP contribution in [0.3, 0.4) is 0 Å². The first-order valence-corrected chi connectivity index (χ1v) is 26.4. The lowest BCUT2D eigenvalue weighted by molar-refractivity contribution is 0.237. The van der Waals surface area contributed by atoms with Crippen LogP contribution in [0.15, 0.2) is 0 Å². The summed E-state index contributed by atoms with van der Waals surface area (Å²) >= 11 is 0. The van der Waals surface area contributed by atoms with Gasteiger partial charge < -0.3 is 85.1 Å². The van der Waals surface area contributed by atoms with E-state index in [0.29, 0.717) is 19.6 Å². The molecule has 386 valence electrons. The second-order valence-electron chi connectivity index (χ2n) is 17.9. The summed E-state index contributed by atoms with van der Waals surface area (Å²) in [5, 5.41) is 20.6. The summed E-state index contributed by atoms with van der Waals surface area (Å²) in [6.07, 6.45) is 15.1. The predicted molar refractivity (Wildman–Crippen MR) is 281 cm³/mol. The maximum atomic E-state index is 5.97. The van der Waals surface area contributed by atoms with Crippen molar-refractivity contribution in [3.63, 3.8) is 0 Å². The van der Waals surface area contributed by atoms with E-state index >= 15 is 0 Å². The first-order chi connectivity index (χ1) is 31.5. The standard InChI is InChI=1S/C45H108N16.C2H5N/c1-51-21-8-4-10-30-57(37-18-48)31-12-6-13-33-58(32-11-5-9-29-56(3)36-17-47)41-25-54-26-42-60(35-15-7-14-34-59(38-19-49)39-20-50)43-27-55-28-45-61(40-23-52-2)44-24-53-22-16-46;1-2-3-1/h51-55H,4-50H2,1-3H3;3H,1-2H2/p+1. The lowest BCUT2D eigenvalue weighted by Gasteiger charge is -2.26. The monoisotopic (exact) mass is 917 g/mol. The van der Waals surface area contributed by atoms with Gasteiger partial charge in [-0.2, -0.15) is 0 Å². The summed E-state index contributed by atoms with van der Waals surface area (Å²) in [6.45, 7) is 32.6. The van der Waals surface area contributed by atoms with Crippen LogP contribution < -0.4 is 60.6 Å². The maximum absolute atomic E-state index is 5.97. The van der Waals surface area contributed by atoms with E-state index in [1.165, 1.54) is 116 Å². The van der Waals surface area contributed by atoms with Crippen molar-refractivity contribution in [3.8, 4) is 0 Å². The Morgan fingerprint density at radius 1 is 0.328 bits per heavy atom. The number of nitrogens with one attached hydrogen (secondary N) is 6. The molecule has 1 aliphatic heterocycles. The minimum Gasteiger partial charge on any atom is -0.329 e. The summed E-state index contributed by atoms with van der Waals surface area (Å²) < 4.78 is 0. The molecule has 0 bridgehead atoms. The molecule has 0 saturated carbocycles. The Balaban J connectivity index is 0. The third-order valence-corrected chi connectivity index (χ3v) is 11.9. The van der Waals surface area contributed by atoms with Crippen molar-refractivity contribution in [2.75, 3.05) is 231 Å². The molecule has 1 aliphatic rings. The summed E-state index contributed by atoms with van der Waals surface area (Å²) in [4.78, 5) is 15.3. The van der Waals surface area contributed by atoms with Gasteiger partial charge in [0.25, 0.3) is 0 Å². The highest BCUT2D eigenvalue weighted by molar-refractivity contribution is 4.69. The number of hydrogen-bond donors (Lipinski definition) is 11. The molecule has 1 fully saturated rings. The SMILES string of the molecule is C1CN1.CNCCCCCN(CCN)CCCCCN(CCCCCN(C)CCN)CCNCCN(CCCCCN(CCN)CCN)CCNCCN(CCNC)CCNCCN.[H+]. The molecule has 0 aromatic heterocycles. The molecule has 0 aromatic rings. The second-order valence-corrected chi connectivity index (χ2v) is 17.9. The second kappa shape index (κ2) is 51.7. The molecule has 0 unspecified atom stereocenters. The molecule has 64 heavy (non-hydrogen) atoms. The van der Waals surface area contributed by atoms with E-state index in [4.69, 9.17) is 28.7 Å². The smallest absolute Gasteiger partial charge is 0.329 e. The molecule has 0 aromatic carbocycles. The molecule has 16 N–H and O–H groups in total. The zero-order chi connectivity index (χ0) is 46.8. The highest BCUT2D eigenvalue weighted by atomic mass is 15.2. The lowest BCUT2D eigenvalue weighted by atomic mass is 10.1. The third-order valence-electron chi connectivity index (χ3n) is 11.9. The van der Waals surface area contributed by atoms with Gasteiger partial charge in [0.1, 0.15) is 0 Å². The van der Waals surface area contributed by atoms with Gasteiger partial charge in [0.05, 0.1) is 0 Å². The third kappa shape index (κ3) is 46.4. The Morgan fingerprint density at radius 3 is 0.984 bits per heavy atom. The number of nitrogens with two attached hydrogens (primary N) is 5. The van der Waals surface area contributed by atoms with Crippen LogP contribution >= 0.6 is 0 Å². The minimum absolute atomic E-state index is 0. The molecular weight excluding hydrogens is 803 g/mol. The first-order valence-electron chi connectivity index (χ1n) is 26.4. The Labute approximate surface area is 398 Å². The van der Waals surface area contributed by atoms with Crippen molar-refractivity contribution < 1.29 is 1.43 Å². The van der Waals surface area contributed by atoms with Gasteiger partial charge in [0.2, 0.25) is 0 Å². The van der Waals surface area contributed by atoms with Crippen LogP contribution in [0.5, 0.6) is 0 Å². The lowest BCUT2D eigenvalue weighted by Crippen LogP contribution is -2.42. The van der Waals surface area contributed by atoms with Crippen molar-refractivity contribution in [1.82, 2.24) is 61.3 Å². The summed E-state index contributed by atoms with van der Waals surface area (Å²) in [7, 11) is 6.26. The summed E-state index contributed by atoms with van der Waals surface area (Å²) in [6, 6.07) is 0.